The summed E-state index contributed by atoms with van der Waals surface area (Å²) in [5.74, 6) is -0.503. The van der Waals surface area contributed by atoms with Gasteiger partial charge < -0.3 is 9.47 Å². The van der Waals surface area contributed by atoms with Gasteiger partial charge in [0.25, 0.3) is 0 Å². The number of rotatable bonds is 3. The van der Waals surface area contributed by atoms with Gasteiger partial charge in [-0.1, -0.05) is 17.7 Å². The Balaban J connectivity index is 1.30. The van der Waals surface area contributed by atoms with Gasteiger partial charge in [-0.15, -0.1) is 0 Å². The smallest absolute Gasteiger partial charge is 0.410 e. The largest absolute Gasteiger partial charge is 0.441 e. The molecule has 1 aromatic heterocycles. The van der Waals surface area contributed by atoms with Crippen molar-refractivity contribution in [1.82, 2.24) is 9.88 Å². The Morgan fingerprint density at radius 1 is 1.22 bits per heavy atom. The number of halogens is 2. The monoisotopic (exact) mass is 388 g/mol. The lowest BCUT2D eigenvalue weighted by Gasteiger charge is -2.51. The molecule has 0 radical (unpaired) electrons. The molecule has 5 nitrogen and oxygen atoms in total. The van der Waals surface area contributed by atoms with Crippen LogP contribution < -0.4 is 0 Å². The number of nitrogens with zero attached hydrogens (tertiary/aromatic N) is 2. The highest BCUT2D eigenvalue weighted by Gasteiger charge is 2.67. The second-order valence-electron chi connectivity index (χ2n) is 7.58. The first-order valence-corrected chi connectivity index (χ1v) is 9.37. The lowest BCUT2D eigenvalue weighted by atomic mass is 9.64. The van der Waals surface area contributed by atoms with E-state index in [2.05, 4.69) is 4.98 Å². The molecule has 1 aliphatic carbocycles. The van der Waals surface area contributed by atoms with Gasteiger partial charge in [0.05, 0.1) is 22.8 Å². The summed E-state index contributed by atoms with van der Waals surface area (Å²) in [6.07, 6.45) is 4.84. The predicted molar refractivity (Wildman–Crippen MR) is 95.8 cm³/mol. The van der Waals surface area contributed by atoms with Crippen LogP contribution in [0.25, 0.3) is 0 Å². The minimum atomic E-state index is -0.503. The molecule has 140 valence electrons. The molecule has 2 aromatic rings. The van der Waals surface area contributed by atoms with Crippen molar-refractivity contribution in [2.24, 2.45) is 0 Å². The number of aromatic nitrogens is 1. The molecule has 1 amide bonds. The summed E-state index contributed by atoms with van der Waals surface area (Å²) in [7, 11) is 0. The Bertz CT molecular complexity index is 901. The molecule has 3 saturated heterocycles. The summed E-state index contributed by atoms with van der Waals surface area (Å²) in [6, 6.07) is 8.47. The van der Waals surface area contributed by atoms with Gasteiger partial charge in [-0.3, -0.25) is 9.88 Å². The van der Waals surface area contributed by atoms with Crippen molar-refractivity contribution in [3.05, 3.63) is 64.7 Å². The predicted octanol–water partition coefficient (Wildman–Crippen LogP) is 4.22. The van der Waals surface area contributed by atoms with Crippen molar-refractivity contribution in [1.29, 1.82) is 0 Å². The van der Waals surface area contributed by atoms with E-state index in [-0.39, 0.29) is 22.3 Å². The number of carbonyl (C=O) groups excluding carboxylic acids is 1. The zero-order chi connectivity index (χ0) is 18.6. The third-order valence-electron chi connectivity index (χ3n) is 6.02. The van der Waals surface area contributed by atoms with Crippen LogP contribution in [0.1, 0.15) is 36.5 Å². The molecule has 1 aromatic carbocycles. The van der Waals surface area contributed by atoms with Gasteiger partial charge in [-0.25, -0.2) is 9.18 Å². The van der Waals surface area contributed by atoms with Gasteiger partial charge in [0.1, 0.15) is 11.9 Å². The zero-order valence-corrected chi connectivity index (χ0v) is 15.3. The summed E-state index contributed by atoms with van der Waals surface area (Å²) in [5.41, 5.74) is 1.10. The number of ether oxygens (including phenoxy) is 2. The first kappa shape index (κ1) is 17.0. The molecule has 3 aliphatic heterocycles. The number of benzene rings is 1. The van der Waals surface area contributed by atoms with Crippen LogP contribution in [0.4, 0.5) is 9.18 Å². The molecule has 7 heteroatoms. The Labute approximate surface area is 161 Å². The Hall–Kier alpha value is -2.18. The highest BCUT2D eigenvalue weighted by Crippen LogP contribution is 2.60. The van der Waals surface area contributed by atoms with Crippen LogP contribution in [-0.2, 0) is 15.1 Å². The van der Waals surface area contributed by atoms with Gasteiger partial charge in [-0.05, 0) is 35.4 Å². The molecule has 1 unspecified atom stereocenters. The van der Waals surface area contributed by atoms with Crippen LogP contribution in [0, 0.1) is 5.82 Å². The third-order valence-corrected chi connectivity index (χ3v) is 6.33. The van der Waals surface area contributed by atoms with Crippen molar-refractivity contribution in [2.45, 2.75) is 36.5 Å². The number of amides is 1. The second kappa shape index (κ2) is 5.91. The molecule has 1 atom stereocenters. The topological polar surface area (TPSA) is 51.7 Å². The number of fused-ring (bicyclic) bond motifs is 1. The third kappa shape index (κ3) is 2.54. The number of carbonyl (C=O) groups is 1. The average Bonchev–Trinajstić information content (AvgIpc) is 3.22. The van der Waals surface area contributed by atoms with Crippen LogP contribution in [0.15, 0.2) is 42.7 Å². The van der Waals surface area contributed by atoms with Crippen molar-refractivity contribution in [2.75, 3.05) is 13.2 Å². The molecular formula is C20H18ClFN2O3. The standard InChI is InChI=1S/C20H18ClFN2O3/c21-15-2-1-13(9-16(15)22)17-5-8-24(18(25)27-17)19-10-20(11-19,26-12-19)14-3-6-23-7-4-14/h1-4,6-7,9,17H,5,8,10-12H2. The summed E-state index contributed by atoms with van der Waals surface area (Å²) in [4.78, 5) is 18.6. The van der Waals surface area contributed by atoms with Crippen LogP contribution in [0.3, 0.4) is 0 Å². The number of cyclic esters (lactones) is 1. The fourth-order valence-corrected chi connectivity index (χ4v) is 4.78. The summed E-state index contributed by atoms with van der Waals surface area (Å²) in [5, 5.41) is 0.0615. The van der Waals surface area contributed by atoms with Gasteiger partial charge >= 0.3 is 6.09 Å². The number of hydrogen-bond acceptors (Lipinski definition) is 4. The quantitative estimate of drug-likeness (QED) is 0.790. The fraction of sp³-hybridized carbons (Fsp3) is 0.400. The minimum Gasteiger partial charge on any atom is -0.441 e. The van der Waals surface area contributed by atoms with Gasteiger partial charge in [0, 0.05) is 38.2 Å². The Morgan fingerprint density at radius 3 is 2.70 bits per heavy atom. The van der Waals surface area contributed by atoms with E-state index < -0.39 is 11.9 Å². The van der Waals surface area contributed by atoms with E-state index in [4.69, 9.17) is 21.1 Å². The summed E-state index contributed by atoms with van der Waals surface area (Å²) in [6.45, 7) is 1.06. The highest BCUT2D eigenvalue weighted by atomic mass is 35.5. The molecule has 4 aliphatic rings. The van der Waals surface area contributed by atoms with Crippen molar-refractivity contribution in [3.63, 3.8) is 0 Å². The molecule has 4 heterocycles. The summed E-state index contributed by atoms with van der Waals surface area (Å²) < 4.78 is 25.5. The normalized spacial score (nSPS) is 32.1. The maximum absolute atomic E-state index is 13.7. The van der Waals surface area contributed by atoms with E-state index in [0.717, 1.165) is 18.4 Å². The lowest BCUT2D eigenvalue weighted by molar-refractivity contribution is -0.0602. The fourth-order valence-electron chi connectivity index (χ4n) is 4.66. The molecule has 2 bridgehead atoms. The maximum atomic E-state index is 13.7. The van der Waals surface area contributed by atoms with E-state index in [1.807, 2.05) is 12.1 Å². The minimum absolute atomic E-state index is 0.0615. The van der Waals surface area contributed by atoms with Crippen LogP contribution in [0.5, 0.6) is 0 Å². The molecule has 27 heavy (non-hydrogen) atoms. The van der Waals surface area contributed by atoms with E-state index in [0.29, 0.717) is 25.1 Å². The van der Waals surface area contributed by atoms with Crippen molar-refractivity contribution in [3.8, 4) is 0 Å². The van der Waals surface area contributed by atoms with Gasteiger partial charge in [0.2, 0.25) is 0 Å². The van der Waals surface area contributed by atoms with Gasteiger partial charge in [-0.2, -0.15) is 0 Å². The second-order valence-corrected chi connectivity index (χ2v) is 7.99. The molecule has 4 fully saturated rings. The van der Waals surface area contributed by atoms with E-state index >= 15 is 0 Å². The lowest BCUT2D eigenvalue weighted by Crippen LogP contribution is -2.62. The van der Waals surface area contributed by atoms with Crippen molar-refractivity contribution >= 4 is 17.7 Å². The first-order chi connectivity index (χ1) is 13.0. The Kier molecular flexibility index (Phi) is 3.71. The number of pyridine rings is 1. The molecule has 0 spiro atoms. The van der Waals surface area contributed by atoms with E-state index in [1.165, 1.54) is 12.1 Å². The molecule has 1 saturated carbocycles. The van der Waals surface area contributed by atoms with Crippen LogP contribution >= 0.6 is 11.6 Å². The molecule has 0 N–H and O–H groups in total. The Morgan fingerprint density at radius 2 is 2.00 bits per heavy atom. The molecular weight excluding hydrogens is 371 g/mol. The maximum Gasteiger partial charge on any atom is 0.410 e. The highest BCUT2D eigenvalue weighted by molar-refractivity contribution is 6.30. The number of hydrogen-bond donors (Lipinski definition) is 0. The van der Waals surface area contributed by atoms with Crippen molar-refractivity contribution < 1.29 is 18.7 Å². The zero-order valence-electron chi connectivity index (χ0n) is 14.5. The SMILES string of the molecule is O=C1OC(c2ccc(Cl)c(F)c2)CCN1C12COC(c3ccncc3)(C1)C2. The van der Waals surface area contributed by atoms with Crippen LogP contribution in [-0.4, -0.2) is 34.7 Å². The van der Waals surface area contributed by atoms with Crippen LogP contribution in [0.2, 0.25) is 5.02 Å². The summed E-state index contributed by atoms with van der Waals surface area (Å²) >= 11 is 5.74. The van der Waals surface area contributed by atoms with E-state index in [1.54, 1.807) is 23.4 Å². The first-order valence-electron chi connectivity index (χ1n) is 8.99. The molecule has 6 rings (SSSR count). The van der Waals surface area contributed by atoms with Gasteiger partial charge in [0.15, 0.2) is 0 Å². The average molecular weight is 389 g/mol. The van der Waals surface area contributed by atoms with E-state index in [9.17, 15) is 9.18 Å².